The molecule has 104 valence electrons. The van der Waals surface area contributed by atoms with E-state index < -0.39 is 22.5 Å². The predicted octanol–water partition coefficient (Wildman–Crippen LogP) is 1.89. The van der Waals surface area contributed by atoms with Gasteiger partial charge in [-0.25, -0.2) is 8.42 Å². The quantitative estimate of drug-likeness (QED) is 0.901. The minimum absolute atomic E-state index is 0.0770. The Labute approximate surface area is 116 Å². The monoisotopic (exact) mass is 303 g/mol. The lowest BCUT2D eigenvalue weighted by atomic mass is 10.2. The molecule has 1 fully saturated rings. The second-order valence-corrected chi connectivity index (χ2v) is 6.80. The van der Waals surface area contributed by atoms with Gasteiger partial charge in [-0.15, -0.1) is 0 Å². The van der Waals surface area contributed by atoms with E-state index in [2.05, 4.69) is 0 Å². The molecule has 0 atom stereocenters. The summed E-state index contributed by atoms with van der Waals surface area (Å²) >= 11 is 5.93. The lowest BCUT2D eigenvalue weighted by Crippen LogP contribution is -2.37. The van der Waals surface area contributed by atoms with Crippen LogP contribution in [0.15, 0.2) is 23.1 Å². The molecular weight excluding hydrogens is 290 g/mol. The molecule has 1 aliphatic carbocycles. The molecule has 0 spiro atoms. The zero-order valence-corrected chi connectivity index (χ0v) is 11.9. The van der Waals surface area contributed by atoms with Gasteiger partial charge in [0.1, 0.15) is 6.54 Å². The topological polar surface area (TPSA) is 74.7 Å². The molecule has 7 heteroatoms. The van der Waals surface area contributed by atoms with Gasteiger partial charge in [0.25, 0.3) is 0 Å². The molecule has 0 amide bonds. The summed E-state index contributed by atoms with van der Waals surface area (Å²) in [6.07, 6.45) is 1.40. The molecule has 0 saturated heterocycles. The highest BCUT2D eigenvalue weighted by Gasteiger charge is 2.39. The third-order valence-electron chi connectivity index (χ3n) is 3.05. The van der Waals surface area contributed by atoms with Crippen molar-refractivity contribution in [3.05, 3.63) is 28.8 Å². The van der Waals surface area contributed by atoms with Crippen molar-refractivity contribution in [2.75, 3.05) is 6.54 Å². The van der Waals surface area contributed by atoms with E-state index in [0.29, 0.717) is 23.4 Å². The second kappa shape index (κ2) is 5.11. The third kappa shape index (κ3) is 2.91. The van der Waals surface area contributed by atoms with E-state index in [1.165, 1.54) is 6.07 Å². The number of carboxylic acid groups (broad SMARTS) is 1. The first kappa shape index (κ1) is 14.3. The van der Waals surface area contributed by atoms with Crippen LogP contribution in [0, 0.1) is 6.92 Å². The van der Waals surface area contributed by atoms with Crippen LogP contribution in [-0.4, -0.2) is 36.4 Å². The van der Waals surface area contributed by atoms with Gasteiger partial charge >= 0.3 is 5.97 Å². The van der Waals surface area contributed by atoms with Crippen LogP contribution in [-0.2, 0) is 14.8 Å². The van der Waals surface area contributed by atoms with Crippen LogP contribution in [0.1, 0.15) is 18.4 Å². The Morgan fingerprint density at radius 1 is 1.47 bits per heavy atom. The fourth-order valence-corrected chi connectivity index (χ4v) is 4.01. The Hall–Kier alpha value is -1.11. The number of benzene rings is 1. The molecule has 2 rings (SSSR count). The van der Waals surface area contributed by atoms with E-state index >= 15 is 0 Å². The molecule has 0 heterocycles. The Morgan fingerprint density at radius 3 is 2.63 bits per heavy atom. The first-order valence-corrected chi connectivity index (χ1v) is 7.64. The number of hydrogen-bond donors (Lipinski definition) is 1. The van der Waals surface area contributed by atoms with Crippen molar-refractivity contribution < 1.29 is 18.3 Å². The van der Waals surface area contributed by atoms with E-state index in [-0.39, 0.29) is 10.9 Å². The van der Waals surface area contributed by atoms with Gasteiger partial charge in [-0.3, -0.25) is 4.79 Å². The molecule has 0 aromatic heterocycles. The number of carboxylic acids is 1. The fourth-order valence-electron chi connectivity index (χ4n) is 1.90. The van der Waals surface area contributed by atoms with Crippen molar-refractivity contribution >= 4 is 27.6 Å². The number of sulfonamides is 1. The molecule has 0 radical (unpaired) electrons. The highest BCUT2D eigenvalue weighted by molar-refractivity contribution is 7.89. The molecular formula is C12H14ClNO4S. The van der Waals surface area contributed by atoms with Crippen molar-refractivity contribution in [3.63, 3.8) is 0 Å². The molecule has 0 aliphatic heterocycles. The van der Waals surface area contributed by atoms with Crippen LogP contribution < -0.4 is 0 Å². The fraction of sp³-hybridized carbons (Fsp3) is 0.417. The summed E-state index contributed by atoms with van der Waals surface area (Å²) in [6, 6.07) is 4.40. The van der Waals surface area contributed by atoms with Crippen LogP contribution in [0.3, 0.4) is 0 Å². The van der Waals surface area contributed by atoms with Crippen LogP contribution in [0.2, 0.25) is 5.02 Å². The average molecular weight is 304 g/mol. The van der Waals surface area contributed by atoms with Gasteiger partial charge in [-0.05, 0) is 37.5 Å². The second-order valence-electron chi connectivity index (χ2n) is 4.54. The van der Waals surface area contributed by atoms with Crippen LogP contribution >= 0.6 is 11.6 Å². The lowest BCUT2D eigenvalue weighted by Gasteiger charge is -2.21. The van der Waals surface area contributed by atoms with Crippen molar-refractivity contribution in [2.24, 2.45) is 0 Å². The van der Waals surface area contributed by atoms with E-state index in [0.717, 1.165) is 4.31 Å². The van der Waals surface area contributed by atoms with Crippen LogP contribution in [0.4, 0.5) is 0 Å². The van der Waals surface area contributed by atoms with Crippen molar-refractivity contribution in [1.82, 2.24) is 4.31 Å². The number of halogens is 1. The maximum absolute atomic E-state index is 12.5. The Morgan fingerprint density at radius 2 is 2.11 bits per heavy atom. The molecule has 19 heavy (non-hydrogen) atoms. The van der Waals surface area contributed by atoms with Crippen molar-refractivity contribution in [2.45, 2.75) is 30.7 Å². The molecule has 1 aromatic carbocycles. The molecule has 1 N–H and O–H groups in total. The summed E-state index contributed by atoms with van der Waals surface area (Å²) in [5.41, 5.74) is 0.445. The van der Waals surface area contributed by atoms with E-state index in [9.17, 15) is 13.2 Å². The molecule has 1 aliphatic rings. The van der Waals surface area contributed by atoms with Gasteiger partial charge in [0.2, 0.25) is 10.0 Å². The number of nitrogens with zero attached hydrogens (tertiary/aromatic N) is 1. The van der Waals surface area contributed by atoms with Gasteiger partial charge in [-0.2, -0.15) is 4.31 Å². The van der Waals surface area contributed by atoms with E-state index in [4.69, 9.17) is 16.7 Å². The maximum Gasteiger partial charge on any atom is 0.318 e. The molecule has 1 saturated carbocycles. The molecule has 0 unspecified atom stereocenters. The molecule has 0 bridgehead atoms. The van der Waals surface area contributed by atoms with Gasteiger partial charge in [0, 0.05) is 11.1 Å². The van der Waals surface area contributed by atoms with Gasteiger partial charge in [0.15, 0.2) is 0 Å². The minimum atomic E-state index is -3.82. The van der Waals surface area contributed by atoms with Crippen LogP contribution in [0.25, 0.3) is 0 Å². The Kier molecular flexibility index (Phi) is 3.85. The number of aliphatic carboxylic acids is 1. The lowest BCUT2D eigenvalue weighted by molar-refractivity contribution is -0.137. The smallest absolute Gasteiger partial charge is 0.318 e. The summed E-state index contributed by atoms with van der Waals surface area (Å²) in [5.74, 6) is -1.16. The Balaban J connectivity index is 2.44. The predicted molar refractivity (Wildman–Crippen MR) is 70.7 cm³/mol. The summed E-state index contributed by atoms with van der Waals surface area (Å²) in [6.45, 7) is 1.10. The third-order valence-corrected chi connectivity index (χ3v) is 5.50. The normalized spacial score (nSPS) is 15.7. The van der Waals surface area contributed by atoms with Gasteiger partial charge in [-0.1, -0.05) is 17.7 Å². The highest BCUT2D eigenvalue weighted by atomic mass is 35.5. The van der Waals surface area contributed by atoms with E-state index in [1.807, 2.05) is 0 Å². The molecule has 5 nitrogen and oxygen atoms in total. The minimum Gasteiger partial charge on any atom is -0.480 e. The van der Waals surface area contributed by atoms with E-state index in [1.54, 1.807) is 19.1 Å². The SMILES string of the molecule is Cc1c(Cl)cccc1S(=O)(=O)N(CC(=O)O)C1CC1. The highest BCUT2D eigenvalue weighted by Crippen LogP contribution is 2.33. The summed E-state index contributed by atoms with van der Waals surface area (Å²) in [5, 5.41) is 9.22. The van der Waals surface area contributed by atoms with Crippen LogP contribution in [0.5, 0.6) is 0 Å². The molecule has 1 aromatic rings. The summed E-state index contributed by atoms with van der Waals surface area (Å²) < 4.78 is 26.1. The van der Waals surface area contributed by atoms with Crippen molar-refractivity contribution in [3.8, 4) is 0 Å². The van der Waals surface area contributed by atoms with Gasteiger partial charge < -0.3 is 5.11 Å². The first-order valence-electron chi connectivity index (χ1n) is 5.83. The summed E-state index contributed by atoms with van der Waals surface area (Å²) in [7, 11) is -3.82. The maximum atomic E-state index is 12.5. The number of rotatable bonds is 5. The standard InChI is InChI=1S/C12H14ClNO4S/c1-8-10(13)3-2-4-11(8)19(17,18)14(7-12(15)16)9-5-6-9/h2-4,9H,5-7H2,1H3,(H,15,16). The largest absolute Gasteiger partial charge is 0.480 e. The number of hydrogen-bond acceptors (Lipinski definition) is 3. The zero-order chi connectivity index (χ0) is 14.2. The average Bonchev–Trinajstić information content (AvgIpc) is 3.13. The zero-order valence-electron chi connectivity index (χ0n) is 10.3. The Bertz CT molecular complexity index is 610. The summed E-state index contributed by atoms with van der Waals surface area (Å²) in [4.78, 5) is 10.9. The van der Waals surface area contributed by atoms with Gasteiger partial charge in [0.05, 0.1) is 4.90 Å². The first-order chi connectivity index (χ1) is 8.84. The van der Waals surface area contributed by atoms with Crippen molar-refractivity contribution in [1.29, 1.82) is 0 Å². The number of carbonyl (C=O) groups is 1.